The quantitative estimate of drug-likeness (QED) is 0.650. The van der Waals surface area contributed by atoms with Crippen LogP contribution in [0.3, 0.4) is 0 Å². The zero-order chi connectivity index (χ0) is 10.1. The summed E-state index contributed by atoms with van der Waals surface area (Å²) >= 11 is 5.21. The van der Waals surface area contributed by atoms with E-state index in [0.717, 1.165) is 5.11 Å². The first-order valence-electron chi connectivity index (χ1n) is 5.48. The predicted octanol–water partition coefficient (Wildman–Crippen LogP) is 2.32. The Morgan fingerprint density at radius 1 is 1.29 bits per heavy atom. The molecule has 2 N–H and O–H groups in total. The number of allylic oxidation sites excluding steroid dienone is 1. The van der Waals surface area contributed by atoms with Crippen LogP contribution in [0.2, 0.25) is 0 Å². The van der Waals surface area contributed by atoms with E-state index in [9.17, 15) is 0 Å². The Kier molecular flexibility index (Phi) is 2.77. The van der Waals surface area contributed by atoms with Gasteiger partial charge in [0.05, 0.1) is 6.04 Å². The lowest BCUT2D eigenvalue weighted by Crippen LogP contribution is -2.51. The number of hydrogen-bond donors (Lipinski definition) is 2. The summed E-state index contributed by atoms with van der Waals surface area (Å²) in [6.07, 6.45) is 5.05. The van der Waals surface area contributed by atoms with Crippen LogP contribution >= 0.6 is 12.2 Å². The third-order valence-corrected chi connectivity index (χ3v) is 3.32. The fourth-order valence-corrected chi connectivity index (χ4v) is 2.64. The summed E-state index contributed by atoms with van der Waals surface area (Å²) in [5.41, 5.74) is 2.97. The number of nitrogens with one attached hydrogen (secondary N) is 2. The fourth-order valence-electron chi connectivity index (χ4n) is 2.39. The van der Waals surface area contributed by atoms with Crippen molar-refractivity contribution in [3.8, 4) is 0 Å². The molecular formula is C11H18N2S. The summed E-state index contributed by atoms with van der Waals surface area (Å²) in [4.78, 5) is 0. The molecule has 0 aromatic rings. The first-order chi connectivity index (χ1) is 6.68. The summed E-state index contributed by atoms with van der Waals surface area (Å²) in [6.45, 7) is 4.51. The summed E-state index contributed by atoms with van der Waals surface area (Å²) in [5.74, 6) is 0.623. The van der Waals surface area contributed by atoms with Crippen LogP contribution < -0.4 is 10.6 Å². The highest BCUT2D eigenvalue weighted by Crippen LogP contribution is 2.30. The minimum Gasteiger partial charge on any atom is -0.356 e. The van der Waals surface area contributed by atoms with E-state index in [4.69, 9.17) is 12.2 Å². The van der Waals surface area contributed by atoms with Gasteiger partial charge in [-0.1, -0.05) is 13.8 Å². The van der Waals surface area contributed by atoms with Crippen LogP contribution in [0.4, 0.5) is 0 Å². The second-order valence-corrected chi connectivity index (χ2v) is 4.94. The van der Waals surface area contributed by atoms with E-state index in [2.05, 4.69) is 24.5 Å². The van der Waals surface area contributed by atoms with Crippen LogP contribution in [0.25, 0.3) is 0 Å². The molecule has 0 fully saturated rings. The summed E-state index contributed by atoms with van der Waals surface area (Å²) in [7, 11) is 0. The van der Waals surface area contributed by atoms with Crippen molar-refractivity contribution in [2.75, 3.05) is 0 Å². The molecule has 0 radical (unpaired) electrons. The first kappa shape index (κ1) is 9.97. The van der Waals surface area contributed by atoms with Crippen LogP contribution in [0.1, 0.15) is 39.5 Å². The van der Waals surface area contributed by atoms with Gasteiger partial charge in [0.15, 0.2) is 5.11 Å². The Bertz CT molecular complexity index is 281. The van der Waals surface area contributed by atoms with Crippen molar-refractivity contribution in [2.24, 2.45) is 5.92 Å². The maximum atomic E-state index is 5.21. The zero-order valence-electron chi connectivity index (χ0n) is 8.89. The monoisotopic (exact) mass is 210 g/mol. The standard InChI is InChI=1S/C11H18N2S/c1-7(2)10-8-5-3-4-6-9(8)12-11(14)13-10/h7,10H,3-6H2,1-2H3,(H2,12,13,14)/t10-/m1/s1. The fraction of sp³-hybridized carbons (Fsp3) is 0.727. The van der Waals surface area contributed by atoms with Crippen molar-refractivity contribution < 1.29 is 0 Å². The molecular weight excluding hydrogens is 192 g/mol. The molecule has 78 valence electrons. The smallest absolute Gasteiger partial charge is 0.171 e. The van der Waals surface area contributed by atoms with Crippen LogP contribution in [-0.4, -0.2) is 11.2 Å². The SMILES string of the molecule is CC(C)[C@H]1NC(=S)NC2=C1CCCC2. The van der Waals surface area contributed by atoms with Gasteiger partial charge >= 0.3 is 0 Å². The van der Waals surface area contributed by atoms with E-state index in [1.54, 1.807) is 5.57 Å². The van der Waals surface area contributed by atoms with Gasteiger partial charge in [0.25, 0.3) is 0 Å². The zero-order valence-corrected chi connectivity index (χ0v) is 9.71. The molecule has 1 heterocycles. The Balaban J connectivity index is 2.27. The number of thiocarbonyl (C=S) groups is 1. The molecule has 0 saturated heterocycles. The molecule has 0 saturated carbocycles. The van der Waals surface area contributed by atoms with Crippen molar-refractivity contribution in [3.63, 3.8) is 0 Å². The van der Waals surface area contributed by atoms with E-state index >= 15 is 0 Å². The second-order valence-electron chi connectivity index (χ2n) is 4.53. The number of hydrogen-bond acceptors (Lipinski definition) is 1. The van der Waals surface area contributed by atoms with E-state index in [1.165, 1.54) is 31.4 Å². The molecule has 2 nitrogen and oxygen atoms in total. The van der Waals surface area contributed by atoms with Crippen molar-refractivity contribution in [3.05, 3.63) is 11.3 Å². The molecule has 0 amide bonds. The summed E-state index contributed by atoms with van der Waals surface area (Å²) in [5, 5.41) is 7.49. The van der Waals surface area contributed by atoms with Gasteiger partial charge in [-0.25, -0.2) is 0 Å². The normalized spacial score (nSPS) is 27.1. The van der Waals surface area contributed by atoms with Crippen LogP contribution in [0, 0.1) is 5.92 Å². The average molecular weight is 210 g/mol. The topological polar surface area (TPSA) is 24.1 Å². The third-order valence-electron chi connectivity index (χ3n) is 3.10. The highest BCUT2D eigenvalue weighted by molar-refractivity contribution is 7.80. The number of rotatable bonds is 1. The van der Waals surface area contributed by atoms with Crippen LogP contribution in [0.5, 0.6) is 0 Å². The van der Waals surface area contributed by atoms with Gasteiger partial charge in [-0.2, -0.15) is 0 Å². The van der Waals surface area contributed by atoms with Crippen molar-refractivity contribution >= 4 is 17.3 Å². The second kappa shape index (κ2) is 3.89. The minimum absolute atomic E-state index is 0.471. The first-order valence-corrected chi connectivity index (χ1v) is 5.88. The van der Waals surface area contributed by atoms with Gasteiger partial charge < -0.3 is 10.6 Å². The maximum Gasteiger partial charge on any atom is 0.171 e. The summed E-state index contributed by atoms with van der Waals surface area (Å²) in [6, 6.07) is 0.471. The average Bonchev–Trinajstić information content (AvgIpc) is 2.16. The molecule has 0 aromatic carbocycles. The Labute approximate surface area is 91.1 Å². The Hall–Kier alpha value is -0.570. The van der Waals surface area contributed by atoms with E-state index in [-0.39, 0.29) is 0 Å². The lowest BCUT2D eigenvalue weighted by Gasteiger charge is -2.36. The van der Waals surface area contributed by atoms with E-state index in [0.29, 0.717) is 12.0 Å². The molecule has 0 unspecified atom stereocenters. The van der Waals surface area contributed by atoms with Gasteiger partial charge in [0.2, 0.25) is 0 Å². The van der Waals surface area contributed by atoms with Crippen LogP contribution in [-0.2, 0) is 0 Å². The maximum absolute atomic E-state index is 5.21. The lowest BCUT2D eigenvalue weighted by molar-refractivity contribution is 0.452. The Morgan fingerprint density at radius 3 is 2.71 bits per heavy atom. The molecule has 0 aromatic heterocycles. The molecule has 2 aliphatic rings. The van der Waals surface area contributed by atoms with Crippen molar-refractivity contribution in [1.29, 1.82) is 0 Å². The van der Waals surface area contributed by atoms with Gasteiger partial charge in [-0.15, -0.1) is 0 Å². The predicted molar refractivity (Wildman–Crippen MR) is 63.0 cm³/mol. The molecule has 2 rings (SSSR count). The molecule has 1 atom stereocenters. The molecule has 1 aliphatic heterocycles. The minimum atomic E-state index is 0.471. The molecule has 0 spiro atoms. The van der Waals surface area contributed by atoms with E-state index < -0.39 is 0 Å². The van der Waals surface area contributed by atoms with Gasteiger partial charge in [0, 0.05) is 5.70 Å². The lowest BCUT2D eigenvalue weighted by atomic mass is 9.85. The van der Waals surface area contributed by atoms with Gasteiger partial charge in [-0.3, -0.25) is 0 Å². The Morgan fingerprint density at radius 2 is 2.00 bits per heavy atom. The highest BCUT2D eigenvalue weighted by Gasteiger charge is 2.28. The molecule has 14 heavy (non-hydrogen) atoms. The van der Waals surface area contributed by atoms with Gasteiger partial charge in [-0.05, 0) is 49.4 Å². The third kappa shape index (κ3) is 1.78. The highest BCUT2D eigenvalue weighted by atomic mass is 32.1. The molecule has 0 bridgehead atoms. The molecule has 1 aliphatic carbocycles. The largest absolute Gasteiger partial charge is 0.356 e. The molecule has 3 heteroatoms. The van der Waals surface area contributed by atoms with Crippen molar-refractivity contribution in [2.45, 2.75) is 45.6 Å². The van der Waals surface area contributed by atoms with E-state index in [1.807, 2.05) is 0 Å². The van der Waals surface area contributed by atoms with Crippen LogP contribution in [0.15, 0.2) is 11.3 Å². The van der Waals surface area contributed by atoms with Crippen molar-refractivity contribution in [1.82, 2.24) is 10.6 Å². The van der Waals surface area contributed by atoms with Gasteiger partial charge in [0.1, 0.15) is 0 Å². The summed E-state index contributed by atoms with van der Waals surface area (Å²) < 4.78 is 0.